The number of hydrogen-bond acceptors (Lipinski definition) is 3. The molecule has 3 nitrogen and oxygen atoms in total. The van der Waals surface area contributed by atoms with Crippen molar-refractivity contribution >= 4 is 0 Å². The van der Waals surface area contributed by atoms with Gasteiger partial charge in [-0.15, -0.1) is 0 Å². The van der Waals surface area contributed by atoms with Crippen LogP contribution in [0.15, 0.2) is 0 Å². The molecule has 1 N–H and O–H groups in total. The topological polar surface area (TPSA) is 37.8 Å². The number of hydrogen-bond donors (Lipinski definition) is 1. The van der Waals surface area contributed by atoms with Gasteiger partial charge in [0, 0.05) is 36.7 Å². The molecule has 4 rings (SSSR count). The van der Waals surface area contributed by atoms with Crippen LogP contribution in [-0.2, 0) is 13.0 Å². The van der Waals surface area contributed by atoms with Crippen molar-refractivity contribution in [2.45, 2.75) is 51.5 Å². The van der Waals surface area contributed by atoms with Gasteiger partial charge in [0.2, 0.25) is 0 Å². The molecule has 3 heteroatoms. The smallest absolute Gasteiger partial charge is 0.132 e. The van der Waals surface area contributed by atoms with Gasteiger partial charge in [-0.2, -0.15) is 0 Å². The highest BCUT2D eigenvalue weighted by atomic mass is 15.0. The maximum absolute atomic E-state index is 4.92. The summed E-state index contributed by atoms with van der Waals surface area (Å²) >= 11 is 0. The van der Waals surface area contributed by atoms with Gasteiger partial charge >= 0.3 is 0 Å². The number of nitrogens with one attached hydrogen (secondary N) is 1. The highest BCUT2D eigenvalue weighted by Crippen LogP contribution is 2.52. The summed E-state index contributed by atoms with van der Waals surface area (Å²) in [7, 11) is 0. The first kappa shape index (κ1) is 10.9. The maximum atomic E-state index is 4.92. The van der Waals surface area contributed by atoms with Crippen LogP contribution >= 0.6 is 0 Å². The van der Waals surface area contributed by atoms with Crippen molar-refractivity contribution in [1.29, 1.82) is 0 Å². The lowest BCUT2D eigenvalue weighted by Gasteiger charge is -2.24. The van der Waals surface area contributed by atoms with Gasteiger partial charge in [-0.25, -0.2) is 9.97 Å². The van der Waals surface area contributed by atoms with Crippen LogP contribution in [0.3, 0.4) is 0 Å². The molecule has 0 spiro atoms. The van der Waals surface area contributed by atoms with E-state index in [0.717, 1.165) is 31.3 Å². The minimum Gasteiger partial charge on any atom is -0.312 e. The Bertz CT molecular complexity index is 483. The average molecular weight is 243 g/mol. The molecule has 1 aliphatic heterocycles. The largest absolute Gasteiger partial charge is 0.312 e. The fourth-order valence-corrected chi connectivity index (χ4v) is 4.26. The molecule has 3 aliphatic rings. The van der Waals surface area contributed by atoms with E-state index in [1.165, 1.54) is 48.5 Å². The normalized spacial score (nSPS) is 33.7. The van der Waals surface area contributed by atoms with Crippen LogP contribution in [0, 0.1) is 18.8 Å². The van der Waals surface area contributed by atoms with E-state index in [0.29, 0.717) is 5.92 Å². The maximum Gasteiger partial charge on any atom is 0.132 e. The Labute approximate surface area is 108 Å². The summed E-state index contributed by atoms with van der Waals surface area (Å²) in [6, 6.07) is 0. The lowest BCUT2D eigenvalue weighted by atomic mass is 9.88. The van der Waals surface area contributed by atoms with Crippen molar-refractivity contribution in [1.82, 2.24) is 15.3 Å². The molecule has 0 aromatic carbocycles. The van der Waals surface area contributed by atoms with Crippen LogP contribution in [0.25, 0.3) is 0 Å². The molecule has 1 aromatic rings. The Morgan fingerprint density at radius 3 is 2.89 bits per heavy atom. The molecule has 1 aromatic heterocycles. The van der Waals surface area contributed by atoms with E-state index in [1.54, 1.807) is 0 Å². The first-order valence-electron chi connectivity index (χ1n) is 7.38. The molecule has 2 fully saturated rings. The summed E-state index contributed by atoms with van der Waals surface area (Å²) in [6.45, 7) is 4.18. The molecular weight excluding hydrogens is 222 g/mol. The second kappa shape index (κ2) is 4.02. The van der Waals surface area contributed by atoms with Gasteiger partial charge in [-0.1, -0.05) is 6.42 Å². The first-order valence-corrected chi connectivity index (χ1v) is 7.38. The minimum atomic E-state index is 0.669. The quantitative estimate of drug-likeness (QED) is 0.822. The summed E-state index contributed by atoms with van der Waals surface area (Å²) in [6.07, 6.45) is 6.73. The Hall–Kier alpha value is -0.960. The molecule has 2 saturated carbocycles. The van der Waals surface area contributed by atoms with Crippen LogP contribution in [0.1, 0.15) is 54.4 Å². The molecule has 2 aliphatic carbocycles. The highest BCUT2D eigenvalue weighted by Gasteiger charge is 2.41. The second-order valence-corrected chi connectivity index (χ2v) is 6.30. The van der Waals surface area contributed by atoms with Crippen molar-refractivity contribution in [2.75, 3.05) is 6.54 Å². The standard InChI is InChI=1S/C15H21N3/c1-9-13-8-16-5-4-14(13)18-15(17-9)12-7-10-2-3-11(12)6-10/h10-12,16H,2-8H2,1H3. The van der Waals surface area contributed by atoms with E-state index in [4.69, 9.17) is 9.97 Å². The highest BCUT2D eigenvalue weighted by molar-refractivity contribution is 5.28. The second-order valence-electron chi connectivity index (χ2n) is 6.30. The molecule has 2 heterocycles. The van der Waals surface area contributed by atoms with Crippen molar-refractivity contribution < 1.29 is 0 Å². The van der Waals surface area contributed by atoms with E-state index in [9.17, 15) is 0 Å². The molecule has 3 unspecified atom stereocenters. The van der Waals surface area contributed by atoms with Crippen LogP contribution in [0.4, 0.5) is 0 Å². The summed E-state index contributed by atoms with van der Waals surface area (Å²) in [5.41, 5.74) is 3.89. The number of nitrogens with zero attached hydrogens (tertiary/aromatic N) is 2. The fourth-order valence-electron chi connectivity index (χ4n) is 4.26. The van der Waals surface area contributed by atoms with Gasteiger partial charge in [-0.3, -0.25) is 0 Å². The predicted molar refractivity (Wildman–Crippen MR) is 70.4 cm³/mol. The molecule has 2 bridgehead atoms. The molecule has 96 valence electrons. The number of fused-ring (bicyclic) bond motifs is 3. The van der Waals surface area contributed by atoms with Crippen LogP contribution in [0.2, 0.25) is 0 Å². The number of rotatable bonds is 1. The Morgan fingerprint density at radius 2 is 2.11 bits per heavy atom. The van der Waals surface area contributed by atoms with Gasteiger partial charge in [0.1, 0.15) is 5.82 Å². The number of aromatic nitrogens is 2. The third kappa shape index (κ3) is 1.60. The zero-order chi connectivity index (χ0) is 12.1. The van der Waals surface area contributed by atoms with Crippen molar-refractivity contribution in [3.8, 4) is 0 Å². The molecule has 18 heavy (non-hydrogen) atoms. The van der Waals surface area contributed by atoms with Gasteiger partial charge in [0.25, 0.3) is 0 Å². The monoisotopic (exact) mass is 243 g/mol. The average Bonchev–Trinajstić information content (AvgIpc) is 3.01. The summed E-state index contributed by atoms with van der Waals surface area (Å²) in [5.74, 6) is 3.69. The fraction of sp³-hybridized carbons (Fsp3) is 0.733. The number of aryl methyl sites for hydroxylation is 1. The third-order valence-corrected chi connectivity index (χ3v) is 5.23. The molecular formula is C15H21N3. The zero-order valence-corrected chi connectivity index (χ0v) is 11.1. The van der Waals surface area contributed by atoms with Crippen molar-refractivity contribution in [3.05, 3.63) is 22.8 Å². The summed E-state index contributed by atoms with van der Waals surface area (Å²) < 4.78 is 0. The van der Waals surface area contributed by atoms with E-state index >= 15 is 0 Å². The van der Waals surface area contributed by atoms with Crippen LogP contribution in [-0.4, -0.2) is 16.5 Å². The summed E-state index contributed by atoms with van der Waals surface area (Å²) in [5, 5.41) is 3.42. The minimum absolute atomic E-state index is 0.669. The van der Waals surface area contributed by atoms with Crippen molar-refractivity contribution in [2.24, 2.45) is 11.8 Å². The summed E-state index contributed by atoms with van der Waals surface area (Å²) in [4.78, 5) is 9.76. The molecule has 3 atom stereocenters. The Morgan fingerprint density at radius 1 is 1.17 bits per heavy atom. The van der Waals surface area contributed by atoms with Gasteiger partial charge in [0.15, 0.2) is 0 Å². The third-order valence-electron chi connectivity index (χ3n) is 5.23. The molecule has 0 amide bonds. The van der Waals surface area contributed by atoms with Gasteiger partial charge in [0.05, 0.1) is 5.69 Å². The SMILES string of the molecule is Cc1nc(C2CC3CCC2C3)nc2c1CNCC2. The van der Waals surface area contributed by atoms with E-state index < -0.39 is 0 Å². The van der Waals surface area contributed by atoms with Crippen molar-refractivity contribution in [3.63, 3.8) is 0 Å². The molecule has 0 saturated heterocycles. The lowest BCUT2D eigenvalue weighted by molar-refractivity contribution is 0.402. The Kier molecular flexibility index (Phi) is 2.44. The van der Waals surface area contributed by atoms with Crippen LogP contribution in [0.5, 0.6) is 0 Å². The van der Waals surface area contributed by atoms with Crippen LogP contribution < -0.4 is 5.32 Å². The van der Waals surface area contributed by atoms with E-state index in [-0.39, 0.29) is 0 Å². The van der Waals surface area contributed by atoms with E-state index in [2.05, 4.69) is 12.2 Å². The van der Waals surface area contributed by atoms with Gasteiger partial charge in [-0.05, 0) is 38.0 Å². The Balaban J connectivity index is 1.71. The van der Waals surface area contributed by atoms with E-state index in [1.807, 2.05) is 0 Å². The first-order chi connectivity index (χ1) is 8.81. The zero-order valence-electron chi connectivity index (χ0n) is 11.1. The molecule has 0 radical (unpaired) electrons. The van der Waals surface area contributed by atoms with Gasteiger partial charge < -0.3 is 5.32 Å². The predicted octanol–water partition coefficient (Wildman–Crippen LogP) is 2.33. The lowest BCUT2D eigenvalue weighted by Crippen LogP contribution is -2.27.